The molecule has 2 aromatic heterocycles. The number of aliphatic imine (C=N–C) groups is 1. The fourth-order valence-corrected chi connectivity index (χ4v) is 4.69. The van der Waals surface area contributed by atoms with E-state index in [1.807, 2.05) is 13.8 Å². The number of carbonyl (C=O) groups excluding carboxylic acids is 1. The van der Waals surface area contributed by atoms with Crippen molar-refractivity contribution in [3.8, 4) is 0 Å². The first-order valence-electron chi connectivity index (χ1n) is 9.85. The van der Waals surface area contributed by atoms with Crippen molar-refractivity contribution >= 4 is 39.6 Å². The summed E-state index contributed by atoms with van der Waals surface area (Å²) in [5, 5.41) is 1.02. The van der Waals surface area contributed by atoms with E-state index in [4.69, 9.17) is 14.5 Å². The van der Waals surface area contributed by atoms with Gasteiger partial charge in [-0.15, -0.1) is 11.3 Å². The average molecular weight is 389 g/mol. The Kier molecular flexibility index (Phi) is 6.47. The number of fused-ring (bicyclic) bond motifs is 3. The van der Waals surface area contributed by atoms with E-state index in [1.165, 1.54) is 41.0 Å². The van der Waals surface area contributed by atoms with E-state index < -0.39 is 0 Å². The number of rotatable bonds is 7. The van der Waals surface area contributed by atoms with E-state index in [2.05, 4.69) is 18.8 Å². The largest absolute Gasteiger partial charge is 0.483 e. The van der Waals surface area contributed by atoms with E-state index in [0.29, 0.717) is 29.7 Å². The van der Waals surface area contributed by atoms with Gasteiger partial charge in [-0.1, -0.05) is 13.8 Å². The van der Waals surface area contributed by atoms with Crippen LogP contribution in [-0.4, -0.2) is 30.6 Å². The lowest BCUT2D eigenvalue weighted by molar-refractivity contribution is 0.0533. The van der Waals surface area contributed by atoms with Crippen molar-refractivity contribution in [1.82, 2.24) is 4.98 Å². The van der Waals surface area contributed by atoms with Crippen LogP contribution in [0.25, 0.3) is 10.2 Å². The van der Waals surface area contributed by atoms with Gasteiger partial charge in [-0.05, 0) is 63.0 Å². The highest BCUT2D eigenvalue weighted by atomic mass is 32.1. The number of thiophene rings is 1. The van der Waals surface area contributed by atoms with Gasteiger partial charge < -0.3 is 9.47 Å². The van der Waals surface area contributed by atoms with E-state index in [-0.39, 0.29) is 5.97 Å². The summed E-state index contributed by atoms with van der Waals surface area (Å²) in [7, 11) is 0. The molecule has 0 unspecified atom stereocenters. The predicted octanol–water partition coefficient (Wildman–Crippen LogP) is 5.25. The normalized spacial score (nSPS) is 14.1. The van der Waals surface area contributed by atoms with Crippen LogP contribution in [0.3, 0.4) is 0 Å². The second-order valence-corrected chi connectivity index (χ2v) is 8.19. The molecule has 0 spiro atoms. The van der Waals surface area contributed by atoms with Crippen LogP contribution in [0.2, 0.25) is 0 Å². The molecular formula is C21H28N2O3S. The lowest BCUT2D eigenvalue weighted by Crippen LogP contribution is -2.11. The van der Waals surface area contributed by atoms with Crippen molar-refractivity contribution in [2.75, 3.05) is 13.2 Å². The van der Waals surface area contributed by atoms with Gasteiger partial charge in [-0.2, -0.15) is 0 Å². The first-order valence-corrected chi connectivity index (χ1v) is 10.7. The molecule has 2 heterocycles. The number of esters is 1. The first kappa shape index (κ1) is 19.8. The number of pyridine rings is 1. The molecule has 5 nitrogen and oxygen atoms in total. The molecule has 1 aliphatic rings. The van der Waals surface area contributed by atoms with Crippen LogP contribution in [0.5, 0.6) is 0 Å². The molecule has 146 valence electrons. The summed E-state index contributed by atoms with van der Waals surface area (Å²) in [6, 6.07) is 0. The number of nitrogens with zero attached hydrogens (tertiary/aromatic N) is 2. The van der Waals surface area contributed by atoms with Crippen molar-refractivity contribution in [2.45, 2.75) is 59.8 Å². The first-order chi connectivity index (χ1) is 13.1. The van der Waals surface area contributed by atoms with Crippen molar-refractivity contribution in [3.05, 3.63) is 21.7 Å². The lowest BCUT2D eigenvalue weighted by Gasteiger charge is -2.21. The minimum absolute atomic E-state index is 0.334. The highest BCUT2D eigenvalue weighted by molar-refractivity contribution is 7.21. The van der Waals surface area contributed by atoms with Crippen molar-refractivity contribution < 1.29 is 14.3 Å². The standard InChI is InChI=1S/C21H28N2O3S/c1-5-25-12-22-18-17-15-10-8-7-9-14(15)16(11-13(3)4)23-20(17)27-19(18)21(24)26-6-2/h12-13H,5-11H2,1-4H3. The van der Waals surface area contributed by atoms with Crippen molar-refractivity contribution in [2.24, 2.45) is 10.9 Å². The zero-order valence-electron chi connectivity index (χ0n) is 16.6. The molecule has 0 N–H and O–H groups in total. The van der Waals surface area contributed by atoms with Crippen LogP contribution in [0.15, 0.2) is 4.99 Å². The van der Waals surface area contributed by atoms with Crippen LogP contribution in [0.1, 0.15) is 67.0 Å². The lowest BCUT2D eigenvalue weighted by atomic mass is 9.86. The minimum Gasteiger partial charge on any atom is -0.483 e. The molecule has 0 radical (unpaired) electrons. The Labute approximate surface area is 164 Å². The maximum absolute atomic E-state index is 12.5. The Morgan fingerprint density at radius 3 is 2.63 bits per heavy atom. The highest BCUT2D eigenvalue weighted by Crippen LogP contribution is 2.43. The third-order valence-electron chi connectivity index (χ3n) is 4.70. The maximum atomic E-state index is 12.5. The Balaban J connectivity index is 2.24. The topological polar surface area (TPSA) is 60.8 Å². The van der Waals surface area contributed by atoms with Gasteiger partial charge in [-0.3, -0.25) is 0 Å². The number of hydrogen-bond donors (Lipinski definition) is 0. The molecule has 0 aliphatic heterocycles. The van der Waals surface area contributed by atoms with Gasteiger partial charge in [0.05, 0.1) is 13.2 Å². The summed E-state index contributed by atoms with van der Waals surface area (Å²) in [5.41, 5.74) is 4.52. The van der Waals surface area contributed by atoms with Crippen LogP contribution in [-0.2, 0) is 28.7 Å². The smallest absolute Gasteiger partial charge is 0.350 e. The summed E-state index contributed by atoms with van der Waals surface area (Å²) in [5.74, 6) is 0.208. The van der Waals surface area contributed by atoms with Crippen molar-refractivity contribution in [3.63, 3.8) is 0 Å². The van der Waals surface area contributed by atoms with Gasteiger partial charge in [0.25, 0.3) is 0 Å². The van der Waals surface area contributed by atoms with Crippen LogP contribution >= 0.6 is 11.3 Å². The molecule has 0 saturated carbocycles. The van der Waals surface area contributed by atoms with Gasteiger partial charge >= 0.3 is 5.97 Å². The van der Waals surface area contributed by atoms with Crippen LogP contribution < -0.4 is 0 Å². The molecule has 0 saturated heterocycles. The summed E-state index contributed by atoms with van der Waals surface area (Å²) in [4.78, 5) is 23.4. The third-order valence-corrected chi connectivity index (χ3v) is 5.76. The van der Waals surface area contributed by atoms with E-state index in [0.717, 1.165) is 35.9 Å². The molecule has 0 aromatic carbocycles. The summed E-state index contributed by atoms with van der Waals surface area (Å²) in [6.45, 7) is 9.04. The minimum atomic E-state index is -0.334. The van der Waals surface area contributed by atoms with Gasteiger partial charge in [-0.25, -0.2) is 14.8 Å². The number of aryl methyl sites for hydroxylation is 1. The molecular weight excluding hydrogens is 360 g/mol. The number of hydrogen-bond acceptors (Lipinski definition) is 6. The molecule has 27 heavy (non-hydrogen) atoms. The summed E-state index contributed by atoms with van der Waals surface area (Å²) in [6.07, 6.45) is 6.81. The monoisotopic (exact) mass is 388 g/mol. The van der Waals surface area contributed by atoms with Gasteiger partial charge in [0.1, 0.15) is 15.4 Å². The molecule has 3 rings (SSSR count). The number of ether oxygens (including phenoxy) is 2. The Morgan fingerprint density at radius 2 is 1.96 bits per heavy atom. The summed E-state index contributed by atoms with van der Waals surface area (Å²) < 4.78 is 10.6. The zero-order valence-corrected chi connectivity index (χ0v) is 17.4. The van der Waals surface area contributed by atoms with Crippen molar-refractivity contribution in [1.29, 1.82) is 0 Å². The van der Waals surface area contributed by atoms with Crippen LogP contribution in [0.4, 0.5) is 5.69 Å². The molecule has 1 aliphatic carbocycles. The molecule has 0 bridgehead atoms. The SMILES string of the molecule is CCOC=Nc1c(C(=O)OCC)sc2nc(CC(C)C)c3c(c12)CCCC3. The molecule has 2 aromatic rings. The number of carbonyl (C=O) groups is 1. The Morgan fingerprint density at radius 1 is 1.22 bits per heavy atom. The van der Waals surface area contributed by atoms with E-state index >= 15 is 0 Å². The quantitative estimate of drug-likeness (QED) is 0.369. The summed E-state index contributed by atoms with van der Waals surface area (Å²) >= 11 is 1.39. The fourth-order valence-electron chi connectivity index (χ4n) is 3.63. The molecule has 0 atom stereocenters. The third kappa shape index (κ3) is 4.15. The molecule has 0 fully saturated rings. The Hall–Kier alpha value is -1.95. The second kappa shape index (κ2) is 8.83. The molecule has 6 heteroatoms. The van der Waals surface area contributed by atoms with Gasteiger partial charge in [0.2, 0.25) is 0 Å². The zero-order chi connectivity index (χ0) is 19.4. The fraction of sp³-hybridized carbons (Fsp3) is 0.571. The van der Waals surface area contributed by atoms with Crippen LogP contribution in [0, 0.1) is 5.92 Å². The van der Waals surface area contributed by atoms with Gasteiger partial charge in [0, 0.05) is 11.1 Å². The van der Waals surface area contributed by atoms with Gasteiger partial charge in [0.15, 0.2) is 6.40 Å². The van der Waals surface area contributed by atoms with E-state index in [9.17, 15) is 4.79 Å². The average Bonchev–Trinajstić information content (AvgIpc) is 3.00. The second-order valence-electron chi connectivity index (χ2n) is 7.19. The molecule has 0 amide bonds. The maximum Gasteiger partial charge on any atom is 0.350 e. The Bertz CT molecular complexity index is 855. The number of aromatic nitrogens is 1. The van der Waals surface area contributed by atoms with E-state index in [1.54, 1.807) is 0 Å². The predicted molar refractivity (Wildman–Crippen MR) is 111 cm³/mol. The highest BCUT2D eigenvalue weighted by Gasteiger charge is 2.27.